The van der Waals surface area contributed by atoms with Crippen molar-refractivity contribution in [1.29, 1.82) is 0 Å². The first-order valence-corrected chi connectivity index (χ1v) is 8.74. The van der Waals surface area contributed by atoms with Gasteiger partial charge in [0.05, 0.1) is 22.8 Å². The second-order valence-corrected chi connectivity index (χ2v) is 6.82. The third-order valence-corrected chi connectivity index (χ3v) is 5.06. The van der Waals surface area contributed by atoms with E-state index in [4.69, 9.17) is 11.6 Å². The van der Waals surface area contributed by atoms with E-state index < -0.39 is 0 Å². The molecule has 5 rings (SSSR count). The lowest BCUT2D eigenvalue weighted by Crippen LogP contribution is -2.18. The molecular formula is C17H16ClN7. The zero-order valence-electron chi connectivity index (χ0n) is 13.4. The number of pyridine rings is 2. The second kappa shape index (κ2) is 5.70. The summed E-state index contributed by atoms with van der Waals surface area (Å²) in [6.07, 6.45) is 7.35. The maximum Gasteiger partial charge on any atom is 0.178 e. The summed E-state index contributed by atoms with van der Waals surface area (Å²) < 4.78 is 1.93. The van der Waals surface area contributed by atoms with E-state index in [9.17, 15) is 0 Å². The summed E-state index contributed by atoms with van der Waals surface area (Å²) in [4.78, 5) is 8.92. The minimum absolute atomic E-state index is 0.482. The van der Waals surface area contributed by atoms with Crippen LogP contribution < -0.4 is 5.32 Å². The number of rotatable bonds is 4. The van der Waals surface area contributed by atoms with E-state index in [1.54, 1.807) is 12.4 Å². The van der Waals surface area contributed by atoms with Crippen molar-refractivity contribution < 1.29 is 0 Å². The van der Waals surface area contributed by atoms with Crippen LogP contribution >= 0.6 is 11.6 Å². The highest BCUT2D eigenvalue weighted by Gasteiger charge is 2.21. The van der Waals surface area contributed by atoms with E-state index in [1.165, 1.54) is 19.3 Å². The van der Waals surface area contributed by atoms with Gasteiger partial charge in [-0.2, -0.15) is 10.2 Å². The largest absolute Gasteiger partial charge is 0.336 e. The van der Waals surface area contributed by atoms with Crippen LogP contribution in [-0.2, 0) is 6.54 Å². The summed E-state index contributed by atoms with van der Waals surface area (Å²) >= 11 is 6.34. The first kappa shape index (κ1) is 14.7. The summed E-state index contributed by atoms with van der Waals surface area (Å²) in [6, 6.07) is 5.76. The van der Waals surface area contributed by atoms with Crippen molar-refractivity contribution in [3.05, 3.63) is 35.7 Å². The van der Waals surface area contributed by atoms with Gasteiger partial charge in [-0.15, -0.1) is 0 Å². The third-order valence-electron chi connectivity index (χ3n) is 4.78. The minimum atomic E-state index is 0.482. The molecule has 0 bridgehead atoms. The predicted octanol–water partition coefficient (Wildman–Crippen LogP) is 3.90. The Kier molecular flexibility index (Phi) is 3.34. The number of anilines is 2. The number of hydrogen-bond donors (Lipinski definition) is 2. The number of fused-ring (bicyclic) bond motifs is 2. The van der Waals surface area contributed by atoms with Crippen molar-refractivity contribution in [3.63, 3.8) is 0 Å². The van der Waals surface area contributed by atoms with Gasteiger partial charge in [0, 0.05) is 12.7 Å². The molecule has 1 saturated carbocycles. The summed E-state index contributed by atoms with van der Waals surface area (Å²) in [7, 11) is 0. The number of halogens is 1. The van der Waals surface area contributed by atoms with Gasteiger partial charge in [-0.25, -0.2) is 9.67 Å². The first-order chi connectivity index (χ1) is 12.3. The van der Waals surface area contributed by atoms with Gasteiger partial charge in [0.1, 0.15) is 5.52 Å². The Morgan fingerprint density at radius 3 is 3.08 bits per heavy atom. The molecule has 0 radical (unpaired) electrons. The molecule has 0 amide bonds. The Morgan fingerprint density at radius 1 is 1.32 bits per heavy atom. The van der Waals surface area contributed by atoms with Crippen LogP contribution in [0.1, 0.15) is 19.3 Å². The van der Waals surface area contributed by atoms with Gasteiger partial charge in [-0.1, -0.05) is 18.0 Å². The minimum Gasteiger partial charge on any atom is -0.336 e. The van der Waals surface area contributed by atoms with Crippen LogP contribution in [0.2, 0.25) is 5.15 Å². The molecule has 1 fully saturated rings. The topological polar surface area (TPSA) is 84.3 Å². The summed E-state index contributed by atoms with van der Waals surface area (Å²) in [5, 5.41) is 16.3. The molecule has 2 N–H and O–H groups in total. The monoisotopic (exact) mass is 353 g/mol. The van der Waals surface area contributed by atoms with Crippen molar-refractivity contribution >= 4 is 45.2 Å². The van der Waals surface area contributed by atoms with Gasteiger partial charge in [-0.05, 0) is 37.0 Å². The molecule has 0 spiro atoms. The van der Waals surface area contributed by atoms with E-state index in [2.05, 4.69) is 30.6 Å². The van der Waals surface area contributed by atoms with Crippen LogP contribution in [0.3, 0.4) is 0 Å². The predicted molar refractivity (Wildman–Crippen MR) is 97.1 cm³/mol. The molecule has 4 heterocycles. The van der Waals surface area contributed by atoms with Crippen LogP contribution in [0.4, 0.5) is 11.5 Å². The molecule has 0 aliphatic heterocycles. The molecule has 0 atom stereocenters. The standard InChI is InChI=1S/C17H16ClN7/c18-15-12-7-11(21-16-14-13(22-23-16)5-2-6-19-14)8-20-17(12)25(24-15)9-10-3-1-4-10/h2,5-8,10H,1,3-4,9H2,(H2,21,22,23). The Bertz CT molecular complexity index is 1060. The van der Waals surface area contributed by atoms with Crippen molar-refractivity contribution in [1.82, 2.24) is 29.9 Å². The van der Waals surface area contributed by atoms with Gasteiger partial charge in [0.2, 0.25) is 0 Å². The molecule has 1 aliphatic rings. The number of hydrogen-bond acceptors (Lipinski definition) is 5. The number of aromatic amines is 1. The van der Waals surface area contributed by atoms with Gasteiger partial charge in [0.15, 0.2) is 16.6 Å². The molecule has 7 nitrogen and oxygen atoms in total. The molecule has 0 unspecified atom stereocenters. The van der Waals surface area contributed by atoms with Gasteiger partial charge in [-0.3, -0.25) is 10.1 Å². The summed E-state index contributed by atoms with van der Waals surface area (Å²) in [5.74, 6) is 1.36. The van der Waals surface area contributed by atoms with Crippen LogP contribution in [0.15, 0.2) is 30.6 Å². The highest BCUT2D eigenvalue weighted by molar-refractivity contribution is 6.34. The number of aromatic nitrogens is 6. The third kappa shape index (κ3) is 2.51. The highest BCUT2D eigenvalue weighted by atomic mass is 35.5. The second-order valence-electron chi connectivity index (χ2n) is 6.46. The normalized spacial score (nSPS) is 14.9. The zero-order valence-corrected chi connectivity index (χ0v) is 14.2. The van der Waals surface area contributed by atoms with E-state index in [0.717, 1.165) is 34.3 Å². The fourth-order valence-corrected chi connectivity index (χ4v) is 3.45. The highest BCUT2D eigenvalue weighted by Crippen LogP contribution is 2.31. The van der Waals surface area contributed by atoms with Crippen LogP contribution in [0.25, 0.3) is 22.1 Å². The quantitative estimate of drug-likeness (QED) is 0.581. The average Bonchev–Trinajstić information content (AvgIpc) is 3.13. The van der Waals surface area contributed by atoms with Gasteiger partial charge in [0.25, 0.3) is 0 Å². The Balaban J connectivity index is 1.49. The van der Waals surface area contributed by atoms with Crippen LogP contribution in [0.5, 0.6) is 0 Å². The van der Waals surface area contributed by atoms with E-state index in [0.29, 0.717) is 16.9 Å². The molecule has 1 aliphatic carbocycles. The van der Waals surface area contributed by atoms with Gasteiger partial charge >= 0.3 is 0 Å². The molecule has 126 valence electrons. The summed E-state index contributed by atoms with van der Waals surface area (Å²) in [6.45, 7) is 0.886. The van der Waals surface area contributed by atoms with Crippen molar-refractivity contribution in [2.45, 2.75) is 25.8 Å². The lowest BCUT2D eigenvalue weighted by molar-refractivity contribution is 0.269. The summed E-state index contributed by atoms with van der Waals surface area (Å²) in [5.41, 5.74) is 3.30. The molecule has 0 aromatic carbocycles. The average molecular weight is 354 g/mol. The molecule has 0 saturated heterocycles. The maximum absolute atomic E-state index is 6.34. The first-order valence-electron chi connectivity index (χ1n) is 8.36. The van der Waals surface area contributed by atoms with Crippen molar-refractivity contribution in [2.24, 2.45) is 5.92 Å². The van der Waals surface area contributed by atoms with E-state index in [1.807, 2.05) is 22.9 Å². The Morgan fingerprint density at radius 2 is 2.24 bits per heavy atom. The molecule has 25 heavy (non-hydrogen) atoms. The van der Waals surface area contributed by atoms with E-state index >= 15 is 0 Å². The molecule has 4 aromatic rings. The van der Waals surface area contributed by atoms with Crippen LogP contribution in [-0.4, -0.2) is 29.9 Å². The number of nitrogens with one attached hydrogen (secondary N) is 2. The Hall–Kier alpha value is -2.67. The fourth-order valence-electron chi connectivity index (χ4n) is 3.22. The van der Waals surface area contributed by atoms with E-state index in [-0.39, 0.29) is 0 Å². The Labute approximate surface area is 148 Å². The number of nitrogens with zero attached hydrogens (tertiary/aromatic N) is 5. The maximum atomic E-state index is 6.34. The lowest BCUT2D eigenvalue weighted by atomic mass is 9.85. The van der Waals surface area contributed by atoms with Crippen molar-refractivity contribution in [3.8, 4) is 0 Å². The zero-order chi connectivity index (χ0) is 16.8. The molecular weight excluding hydrogens is 338 g/mol. The van der Waals surface area contributed by atoms with Crippen molar-refractivity contribution in [2.75, 3.05) is 5.32 Å². The molecule has 4 aromatic heterocycles. The number of H-pyrrole nitrogens is 1. The molecule has 8 heteroatoms. The SMILES string of the molecule is Clc1nn(CC2CCC2)c2ncc(Nc3n[nH]c4cccnc34)cc12. The van der Waals surface area contributed by atoms with Crippen LogP contribution in [0, 0.1) is 5.92 Å². The smallest absolute Gasteiger partial charge is 0.178 e. The fraction of sp³-hybridized carbons (Fsp3) is 0.294. The van der Waals surface area contributed by atoms with Gasteiger partial charge < -0.3 is 5.32 Å². The lowest BCUT2D eigenvalue weighted by Gasteiger charge is -2.25.